The maximum atomic E-state index is 9.39. The minimum atomic E-state index is -0.441. The summed E-state index contributed by atoms with van der Waals surface area (Å²) in [5, 5.41) is 12.8. The monoisotopic (exact) mass is 251 g/mol. The lowest BCUT2D eigenvalue weighted by atomic mass is 9.86. The first-order valence-corrected chi connectivity index (χ1v) is 7.25. The Morgan fingerprint density at radius 3 is 2.61 bits per heavy atom. The molecule has 0 aromatic heterocycles. The molecule has 0 radical (unpaired) electrons. The smallest absolute Gasteiger partial charge is 0.116 e. The van der Waals surface area contributed by atoms with Crippen LogP contribution in [0.15, 0.2) is 0 Å². The maximum Gasteiger partial charge on any atom is 0.116 e. The second-order valence-electron chi connectivity index (χ2n) is 6.58. The van der Waals surface area contributed by atoms with E-state index in [1.807, 2.05) is 6.92 Å². The second-order valence-corrected chi connectivity index (χ2v) is 6.58. The fourth-order valence-electron chi connectivity index (χ4n) is 3.18. The first-order valence-electron chi connectivity index (χ1n) is 7.25. The van der Waals surface area contributed by atoms with Crippen molar-refractivity contribution in [3.63, 3.8) is 0 Å². The van der Waals surface area contributed by atoms with Gasteiger partial charge in [0.2, 0.25) is 0 Å². The molecule has 0 aromatic rings. The Hall–Kier alpha value is -0.590. The van der Waals surface area contributed by atoms with Crippen molar-refractivity contribution in [3.8, 4) is 6.07 Å². The lowest BCUT2D eigenvalue weighted by molar-refractivity contribution is 0.137. The Bertz CT molecular complexity index is 295. The zero-order chi connectivity index (χ0) is 13.8. The van der Waals surface area contributed by atoms with Crippen LogP contribution in [0.4, 0.5) is 0 Å². The summed E-state index contributed by atoms with van der Waals surface area (Å²) in [5.41, 5.74) is -0.441. The molecule has 1 aliphatic carbocycles. The molecule has 1 rings (SSSR count). The SMILES string of the molecule is CC1CCCC(N(C)CC(C)(C#N)NC(C)C)C1. The van der Waals surface area contributed by atoms with E-state index in [2.05, 4.69) is 44.1 Å². The Labute approximate surface area is 113 Å². The van der Waals surface area contributed by atoms with Crippen molar-refractivity contribution in [3.05, 3.63) is 0 Å². The average Bonchev–Trinajstić information content (AvgIpc) is 2.27. The van der Waals surface area contributed by atoms with Crippen molar-refractivity contribution in [2.24, 2.45) is 5.92 Å². The van der Waals surface area contributed by atoms with E-state index in [0.29, 0.717) is 12.1 Å². The maximum absolute atomic E-state index is 9.39. The van der Waals surface area contributed by atoms with Crippen molar-refractivity contribution in [2.45, 2.75) is 71.0 Å². The third-order valence-corrected chi connectivity index (χ3v) is 3.95. The van der Waals surface area contributed by atoms with E-state index in [9.17, 15) is 5.26 Å². The summed E-state index contributed by atoms with van der Waals surface area (Å²) in [7, 11) is 2.17. The van der Waals surface area contributed by atoms with Gasteiger partial charge in [0.05, 0.1) is 6.07 Å². The molecular weight excluding hydrogens is 222 g/mol. The van der Waals surface area contributed by atoms with E-state index in [4.69, 9.17) is 0 Å². The fourth-order valence-corrected chi connectivity index (χ4v) is 3.18. The third kappa shape index (κ3) is 4.59. The minimum absolute atomic E-state index is 0.341. The summed E-state index contributed by atoms with van der Waals surface area (Å²) in [4.78, 5) is 2.38. The van der Waals surface area contributed by atoms with E-state index in [1.54, 1.807) is 0 Å². The van der Waals surface area contributed by atoms with E-state index in [1.165, 1.54) is 25.7 Å². The molecule has 1 aliphatic rings. The normalized spacial score (nSPS) is 28.1. The number of likely N-dealkylation sites (N-methyl/N-ethyl adjacent to an activating group) is 1. The second kappa shape index (κ2) is 6.54. The van der Waals surface area contributed by atoms with Gasteiger partial charge in [-0.05, 0) is 46.6 Å². The summed E-state index contributed by atoms with van der Waals surface area (Å²) < 4.78 is 0. The van der Waals surface area contributed by atoms with Crippen molar-refractivity contribution in [1.82, 2.24) is 10.2 Å². The lowest BCUT2D eigenvalue weighted by Gasteiger charge is -2.38. The number of nitrogens with zero attached hydrogens (tertiary/aromatic N) is 2. The van der Waals surface area contributed by atoms with Crippen molar-refractivity contribution in [2.75, 3.05) is 13.6 Å². The predicted molar refractivity (Wildman–Crippen MR) is 76.3 cm³/mol. The van der Waals surface area contributed by atoms with Gasteiger partial charge >= 0.3 is 0 Å². The van der Waals surface area contributed by atoms with Crippen LogP contribution in [0.1, 0.15) is 53.4 Å². The highest BCUT2D eigenvalue weighted by atomic mass is 15.2. The molecule has 0 heterocycles. The van der Waals surface area contributed by atoms with Crippen molar-refractivity contribution >= 4 is 0 Å². The van der Waals surface area contributed by atoms with Crippen LogP contribution in [0, 0.1) is 17.2 Å². The molecule has 0 bridgehead atoms. The zero-order valence-corrected chi connectivity index (χ0v) is 12.7. The predicted octanol–water partition coefficient (Wildman–Crippen LogP) is 2.78. The van der Waals surface area contributed by atoms with Gasteiger partial charge in [-0.3, -0.25) is 5.32 Å². The lowest BCUT2D eigenvalue weighted by Crippen LogP contribution is -2.54. The molecule has 0 spiro atoms. The first-order chi connectivity index (χ1) is 8.36. The first kappa shape index (κ1) is 15.5. The van der Waals surface area contributed by atoms with Crippen molar-refractivity contribution < 1.29 is 0 Å². The summed E-state index contributed by atoms with van der Waals surface area (Å²) in [5.74, 6) is 0.831. The quantitative estimate of drug-likeness (QED) is 0.816. The summed E-state index contributed by atoms with van der Waals surface area (Å²) in [6.07, 6.45) is 5.25. The van der Waals surface area contributed by atoms with Gasteiger partial charge in [-0.1, -0.05) is 19.8 Å². The van der Waals surface area contributed by atoms with Gasteiger partial charge in [0.1, 0.15) is 5.54 Å². The molecule has 104 valence electrons. The molecule has 3 heteroatoms. The van der Waals surface area contributed by atoms with Crippen LogP contribution in [0.2, 0.25) is 0 Å². The topological polar surface area (TPSA) is 39.1 Å². The van der Waals surface area contributed by atoms with Gasteiger partial charge < -0.3 is 4.90 Å². The molecule has 18 heavy (non-hydrogen) atoms. The summed E-state index contributed by atoms with van der Waals surface area (Å²) in [6, 6.07) is 3.43. The Balaban J connectivity index is 2.56. The molecule has 3 nitrogen and oxygen atoms in total. The van der Waals surface area contributed by atoms with Gasteiger partial charge in [-0.15, -0.1) is 0 Å². The van der Waals surface area contributed by atoms with Gasteiger partial charge in [0, 0.05) is 18.6 Å². The summed E-state index contributed by atoms with van der Waals surface area (Å²) >= 11 is 0. The standard InChI is InChI=1S/C15H29N3/c1-12(2)17-15(4,10-16)11-18(5)14-8-6-7-13(3)9-14/h12-14,17H,6-9,11H2,1-5H3. The van der Waals surface area contributed by atoms with Crippen LogP contribution >= 0.6 is 0 Å². The van der Waals surface area contributed by atoms with Crippen molar-refractivity contribution in [1.29, 1.82) is 5.26 Å². The highest BCUT2D eigenvalue weighted by molar-refractivity contribution is 5.06. The number of hydrogen-bond acceptors (Lipinski definition) is 3. The Kier molecular flexibility index (Phi) is 5.62. The van der Waals surface area contributed by atoms with Gasteiger partial charge in [-0.25, -0.2) is 0 Å². The Morgan fingerprint density at radius 1 is 1.44 bits per heavy atom. The molecule has 1 N–H and O–H groups in total. The molecular formula is C15H29N3. The number of rotatable bonds is 5. The van der Waals surface area contributed by atoms with E-state index in [0.717, 1.165) is 12.5 Å². The van der Waals surface area contributed by atoms with Gasteiger partial charge in [0.15, 0.2) is 0 Å². The molecule has 0 amide bonds. The highest BCUT2D eigenvalue weighted by Gasteiger charge is 2.30. The van der Waals surface area contributed by atoms with Gasteiger partial charge in [-0.2, -0.15) is 5.26 Å². The molecule has 0 aliphatic heterocycles. The van der Waals surface area contributed by atoms with Gasteiger partial charge in [0.25, 0.3) is 0 Å². The fraction of sp³-hybridized carbons (Fsp3) is 0.933. The minimum Gasteiger partial charge on any atom is -0.301 e. The number of nitriles is 1. The number of hydrogen-bond donors (Lipinski definition) is 1. The van der Waals surface area contributed by atoms with Crippen LogP contribution in [-0.4, -0.2) is 36.1 Å². The van der Waals surface area contributed by atoms with Crippen LogP contribution in [0.5, 0.6) is 0 Å². The van der Waals surface area contributed by atoms with E-state index >= 15 is 0 Å². The average molecular weight is 251 g/mol. The largest absolute Gasteiger partial charge is 0.301 e. The van der Waals surface area contributed by atoms with Crippen LogP contribution in [-0.2, 0) is 0 Å². The molecule has 0 saturated heterocycles. The Morgan fingerprint density at radius 2 is 2.11 bits per heavy atom. The molecule has 1 fully saturated rings. The van der Waals surface area contributed by atoms with E-state index < -0.39 is 5.54 Å². The van der Waals surface area contributed by atoms with Crippen LogP contribution in [0.25, 0.3) is 0 Å². The molecule has 1 saturated carbocycles. The molecule has 3 unspecified atom stereocenters. The van der Waals surface area contributed by atoms with Crippen LogP contribution in [0.3, 0.4) is 0 Å². The molecule has 0 aromatic carbocycles. The zero-order valence-electron chi connectivity index (χ0n) is 12.7. The molecule has 3 atom stereocenters. The highest BCUT2D eigenvalue weighted by Crippen LogP contribution is 2.27. The summed E-state index contributed by atoms with van der Waals surface area (Å²) in [6.45, 7) is 9.35. The van der Waals surface area contributed by atoms with Crippen LogP contribution < -0.4 is 5.32 Å². The number of nitrogens with one attached hydrogen (secondary N) is 1. The van der Waals surface area contributed by atoms with E-state index in [-0.39, 0.29) is 0 Å². The third-order valence-electron chi connectivity index (χ3n) is 3.95.